The normalized spacial score (nSPS) is 16.9. The lowest BCUT2D eigenvalue weighted by atomic mass is 9.92. The van der Waals surface area contributed by atoms with Crippen LogP contribution in [0.15, 0.2) is 40.8 Å². The fraction of sp³-hybridized carbons (Fsp3) is 0.400. The zero-order valence-electron chi connectivity index (χ0n) is 18.8. The highest BCUT2D eigenvalue weighted by Crippen LogP contribution is 2.44. The van der Waals surface area contributed by atoms with E-state index in [2.05, 4.69) is 10.2 Å². The zero-order valence-corrected chi connectivity index (χ0v) is 18.8. The summed E-state index contributed by atoms with van der Waals surface area (Å²) < 4.78 is 11.2. The van der Waals surface area contributed by atoms with E-state index in [0.29, 0.717) is 41.1 Å². The molecule has 1 N–H and O–H groups in total. The Morgan fingerprint density at radius 3 is 2.59 bits per heavy atom. The van der Waals surface area contributed by atoms with Crippen LogP contribution < -0.4 is 4.74 Å². The first-order valence-corrected chi connectivity index (χ1v) is 10.9. The molecule has 1 aliphatic carbocycles. The Morgan fingerprint density at radius 1 is 1.19 bits per heavy atom. The second kappa shape index (κ2) is 7.45. The molecule has 1 aromatic heterocycles. The van der Waals surface area contributed by atoms with E-state index in [4.69, 9.17) is 9.15 Å². The molecule has 0 unspecified atom stereocenters. The number of carbonyl (C=O) groups excluding carboxylic acids is 1. The molecule has 0 radical (unpaired) electrons. The van der Waals surface area contributed by atoms with E-state index in [1.165, 1.54) is 0 Å². The van der Waals surface area contributed by atoms with E-state index in [1.807, 2.05) is 41.3 Å². The summed E-state index contributed by atoms with van der Waals surface area (Å²) in [5.74, 6) is 1.80. The molecule has 0 saturated heterocycles. The molecule has 2 aromatic carbocycles. The fourth-order valence-electron chi connectivity index (χ4n) is 4.91. The van der Waals surface area contributed by atoms with E-state index in [-0.39, 0.29) is 11.9 Å². The molecule has 0 bridgehead atoms. The first-order valence-electron chi connectivity index (χ1n) is 10.9. The van der Waals surface area contributed by atoms with Crippen molar-refractivity contribution in [2.45, 2.75) is 51.8 Å². The van der Waals surface area contributed by atoms with E-state index < -0.39 is 5.60 Å². The van der Waals surface area contributed by atoms with Gasteiger partial charge in [0.15, 0.2) is 0 Å². The zero-order chi connectivity index (χ0) is 22.6. The van der Waals surface area contributed by atoms with Gasteiger partial charge in [-0.3, -0.25) is 4.79 Å². The standard InChI is InChI=1S/C25H27N3O4/c1-14-26-27-23(32-14)19-11-10-16(12-20(19)31-4)18-7-5-6-17-13-28(24(29)21(17)18)22(15-8-9-15)25(2,3)30/h5-7,10-12,15,22,30H,8-9,13H2,1-4H3/t22-/m1/s1. The Kier molecular flexibility index (Phi) is 4.82. The minimum atomic E-state index is -0.952. The third-order valence-corrected chi connectivity index (χ3v) is 6.36. The quantitative estimate of drug-likeness (QED) is 0.626. The van der Waals surface area contributed by atoms with Gasteiger partial charge in [-0.05, 0) is 61.4 Å². The number of nitrogens with zero attached hydrogens (tertiary/aromatic N) is 3. The average molecular weight is 434 g/mol. The number of amides is 1. The lowest BCUT2D eigenvalue weighted by Crippen LogP contribution is -2.51. The summed E-state index contributed by atoms with van der Waals surface area (Å²) in [6, 6.07) is 11.5. The van der Waals surface area contributed by atoms with Crippen molar-refractivity contribution in [1.29, 1.82) is 0 Å². The summed E-state index contributed by atoms with van der Waals surface area (Å²) in [6.07, 6.45) is 2.10. The molecule has 7 heteroatoms. The number of methoxy groups -OCH3 is 1. The highest BCUT2D eigenvalue weighted by atomic mass is 16.5. The van der Waals surface area contributed by atoms with Gasteiger partial charge in [-0.25, -0.2) is 0 Å². The average Bonchev–Trinajstić information content (AvgIpc) is 3.40. The highest BCUT2D eigenvalue weighted by molar-refractivity contribution is 6.05. The van der Waals surface area contributed by atoms with Crippen LogP contribution in [0.4, 0.5) is 0 Å². The highest BCUT2D eigenvalue weighted by Gasteiger charge is 2.48. The van der Waals surface area contributed by atoms with Gasteiger partial charge in [-0.2, -0.15) is 0 Å². The number of ether oxygens (including phenoxy) is 1. The number of carbonyl (C=O) groups is 1. The summed E-state index contributed by atoms with van der Waals surface area (Å²) in [5.41, 5.74) is 3.16. The SMILES string of the molecule is COc1cc(-c2cccc3c2C(=O)N([C@H](C2CC2)C(C)(C)O)C3)ccc1-c1nnc(C)o1. The predicted molar refractivity (Wildman–Crippen MR) is 119 cm³/mol. The molecule has 1 saturated carbocycles. The first kappa shape index (κ1) is 20.7. The Morgan fingerprint density at radius 2 is 1.97 bits per heavy atom. The molecule has 2 heterocycles. The Balaban J connectivity index is 1.54. The minimum absolute atomic E-state index is 0.0230. The Labute approximate surface area is 187 Å². The molecular weight excluding hydrogens is 406 g/mol. The van der Waals surface area contributed by atoms with Crippen molar-refractivity contribution < 1.29 is 19.1 Å². The Bertz CT molecular complexity index is 1190. The van der Waals surface area contributed by atoms with E-state index in [9.17, 15) is 9.90 Å². The Hall–Kier alpha value is -3.19. The summed E-state index contributed by atoms with van der Waals surface area (Å²) in [5, 5.41) is 18.8. The lowest BCUT2D eigenvalue weighted by Gasteiger charge is -2.37. The van der Waals surface area contributed by atoms with E-state index in [0.717, 1.165) is 29.5 Å². The number of fused-ring (bicyclic) bond motifs is 1. The number of hydrogen-bond donors (Lipinski definition) is 1. The maximum absolute atomic E-state index is 13.6. The van der Waals surface area contributed by atoms with Gasteiger partial charge in [0.25, 0.3) is 11.8 Å². The number of hydrogen-bond acceptors (Lipinski definition) is 6. The molecule has 0 spiro atoms. The fourth-order valence-corrected chi connectivity index (χ4v) is 4.91. The monoisotopic (exact) mass is 433 g/mol. The van der Waals surface area contributed by atoms with Gasteiger partial charge in [0, 0.05) is 13.5 Å². The summed E-state index contributed by atoms with van der Waals surface area (Å²) in [6.45, 7) is 5.86. The van der Waals surface area contributed by atoms with Gasteiger partial charge >= 0.3 is 0 Å². The molecule has 1 amide bonds. The third kappa shape index (κ3) is 3.46. The van der Waals surface area contributed by atoms with Gasteiger partial charge in [-0.1, -0.05) is 24.3 Å². The van der Waals surface area contributed by atoms with Crippen LogP contribution in [-0.2, 0) is 6.54 Å². The van der Waals surface area contributed by atoms with Crippen molar-refractivity contribution >= 4 is 5.91 Å². The van der Waals surface area contributed by atoms with Gasteiger partial charge in [-0.15, -0.1) is 10.2 Å². The molecule has 3 aromatic rings. The lowest BCUT2D eigenvalue weighted by molar-refractivity contribution is -0.0224. The largest absolute Gasteiger partial charge is 0.496 e. The van der Waals surface area contributed by atoms with Crippen LogP contribution in [0.3, 0.4) is 0 Å². The molecular formula is C25H27N3O4. The van der Waals surface area contributed by atoms with E-state index >= 15 is 0 Å². The van der Waals surface area contributed by atoms with Crippen LogP contribution in [0.2, 0.25) is 0 Å². The van der Waals surface area contributed by atoms with Crippen LogP contribution in [-0.4, -0.2) is 44.9 Å². The van der Waals surface area contributed by atoms with Crippen molar-refractivity contribution in [3.63, 3.8) is 0 Å². The van der Waals surface area contributed by atoms with Gasteiger partial charge in [0.05, 0.1) is 29.9 Å². The number of aliphatic hydroxyl groups is 1. The number of aromatic nitrogens is 2. The van der Waals surface area contributed by atoms with Crippen molar-refractivity contribution in [3.05, 3.63) is 53.4 Å². The minimum Gasteiger partial charge on any atom is -0.496 e. The summed E-state index contributed by atoms with van der Waals surface area (Å²) in [7, 11) is 1.59. The molecule has 32 heavy (non-hydrogen) atoms. The molecule has 1 fully saturated rings. The summed E-state index contributed by atoms with van der Waals surface area (Å²) >= 11 is 0. The van der Waals surface area contributed by atoms with Gasteiger partial charge in [0.1, 0.15) is 5.75 Å². The number of benzene rings is 2. The molecule has 7 nitrogen and oxygen atoms in total. The van der Waals surface area contributed by atoms with Crippen molar-refractivity contribution in [1.82, 2.24) is 15.1 Å². The van der Waals surface area contributed by atoms with Crippen LogP contribution in [0.25, 0.3) is 22.6 Å². The molecule has 5 rings (SSSR count). The van der Waals surface area contributed by atoms with Crippen LogP contribution in [0.5, 0.6) is 5.75 Å². The maximum Gasteiger partial charge on any atom is 0.255 e. The first-order chi connectivity index (χ1) is 15.3. The topological polar surface area (TPSA) is 88.7 Å². The second-order valence-corrected chi connectivity index (χ2v) is 9.25. The van der Waals surface area contributed by atoms with Crippen LogP contribution >= 0.6 is 0 Å². The summed E-state index contributed by atoms with van der Waals surface area (Å²) in [4.78, 5) is 15.5. The molecule has 1 aliphatic heterocycles. The van der Waals surface area contributed by atoms with E-state index in [1.54, 1.807) is 27.9 Å². The second-order valence-electron chi connectivity index (χ2n) is 9.25. The number of aryl methyl sites for hydroxylation is 1. The molecule has 2 aliphatic rings. The molecule has 1 atom stereocenters. The maximum atomic E-state index is 13.6. The van der Waals surface area contributed by atoms with Crippen LogP contribution in [0, 0.1) is 12.8 Å². The van der Waals surface area contributed by atoms with Gasteiger partial charge < -0.3 is 19.2 Å². The van der Waals surface area contributed by atoms with Crippen molar-refractivity contribution in [2.75, 3.05) is 7.11 Å². The molecule has 166 valence electrons. The van der Waals surface area contributed by atoms with Crippen molar-refractivity contribution in [2.24, 2.45) is 5.92 Å². The third-order valence-electron chi connectivity index (χ3n) is 6.36. The predicted octanol–water partition coefficient (Wildman–Crippen LogP) is 4.23. The number of rotatable bonds is 6. The van der Waals surface area contributed by atoms with Gasteiger partial charge in [0.2, 0.25) is 5.89 Å². The smallest absolute Gasteiger partial charge is 0.255 e. The van der Waals surface area contributed by atoms with Crippen molar-refractivity contribution in [3.8, 4) is 28.3 Å². The van der Waals surface area contributed by atoms with Crippen LogP contribution in [0.1, 0.15) is 48.5 Å².